The van der Waals surface area contributed by atoms with E-state index in [2.05, 4.69) is 5.32 Å². The zero-order valence-corrected chi connectivity index (χ0v) is 9.16. The van der Waals surface area contributed by atoms with Gasteiger partial charge >= 0.3 is 0 Å². The Morgan fingerprint density at radius 3 is 2.53 bits per heavy atom. The van der Waals surface area contributed by atoms with Crippen LogP contribution in [0.4, 0.5) is 0 Å². The summed E-state index contributed by atoms with van der Waals surface area (Å²) < 4.78 is 0. The molecule has 0 aromatic heterocycles. The summed E-state index contributed by atoms with van der Waals surface area (Å²) in [7, 11) is 0. The maximum atomic E-state index is 11.6. The Balaban J connectivity index is 2.18. The van der Waals surface area contributed by atoms with Crippen LogP contribution in [0.25, 0.3) is 0 Å². The molecule has 1 saturated heterocycles. The van der Waals surface area contributed by atoms with Crippen molar-refractivity contribution in [1.29, 1.82) is 0 Å². The Morgan fingerprint density at radius 2 is 2.00 bits per heavy atom. The second-order valence-corrected chi connectivity index (χ2v) is 4.04. The summed E-state index contributed by atoms with van der Waals surface area (Å²) in [6.45, 7) is 3.88. The summed E-state index contributed by atoms with van der Waals surface area (Å²) >= 11 is 0. The highest BCUT2D eigenvalue weighted by Gasteiger charge is 2.18. The molecule has 0 saturated carbocycles. The van der Waals surface area contributed by atoms with Crippen molar-refractivity contribution in [3.63, 3.8) is 0 Å². The predicted molar refractivity (Wildman–Crippen MR) is 57.1 cm³/mol. The van der Waals surface area contributed by atoms with Gasteiger partial charge in [0.15, 0.2) is 0 Å². The van der Waals surface area contributed by atoms with E-state index in [4.69, 9.17) is 5.73 Å². The topological polar surface area (TPSA) is 75.4 Å². The molecule has 1 fully saturated rings. The SMILES string of the molecule is CC(CC(N)=O)NCC(=O)N1CCCC1. The van der Waals surface area contributed by atoms with Gasteiger partial charge in [-0.15, -0.1) is 0 Å². The van der Waals surface area contributed by atoms with Crippen molar-refractivity contribution < 1.29 is 9.59 Å². The number of carbonyl (C=O) groups is 2. The van der Waals surface area contributed by atoms with Gasteiger partial charge in [0.25, 0.3) is 0 Å². The van der Waals surface area contributed by atoms with E-state index < -0.39 is 0 Å². The number of nitrogens with one attached hydrogen (secondary N) is 1. The molecule has 5 nitrogen and oxygen atoms in total. The number of rotatable bonds is 5. The normalized spacial score (nSPS) is 17.8. The molecule has 5 heteroatoms. The summed E-state index contributed by atoms with van der Waals surface area (Å²) in [5, 5.41) is 3.00. The van der Waals surface area contributed by atoms with Gasteiger partial charge in [0, 0.05) is 25.6 Å². The molecule has 0 aromatic carbocycles. The number of primary amides is 1. The second-order valence-electron chi connectivity index (χ2n) is 4.04. The number of carbonyl (C=O) groups excluding carboxylic acids is 2. The largest absolute Gasteiger partial charge is 0.370 e. The fourth-order valence-electron chi connectivity index (χ4n) is 1.71. The van der Waals surface area contributed by atoms with Gasteiger partial charge in [0.2, 0.25) is 11.8 Å². The number of nitrogens with zero attached hydrogens (tertiary/aromatic N) is 1. The van der Waals surface area contributed by atoms with Gasteiger partial charge < -0.3 is 16.0 Å². The van der Waals surface area contributed by atoms with Crippen molar-refractivity contribution in [3.8, 4) is 0 Å². The number of hydrogen-bond acceptors (Lipinski definition) is 3. The molecule has 2 amide bonds. The molecule has 1 atom stereocenters. The van der Waals surface area contributed by atoms with Crippen LogP contribution in [0.15, 0.2) is 0 Å². The van der Waals surface area contributed by atoms with Crippen molar-refractivity contribution in [2.75, 3.05) is 19.6 Å². The monoisotopic (exact) mass is 213 g/mol. The van der Waals surface area contributed by atoms with Crippen LogP contribution in [0.3, 0.4) is 0 Å². The molecule has 1 aliphatic rings. The van der Waals surface area contributed by atoms with Crippen LogP contribution in [0.5, 0.6) is 0 Å². The molecule has 1 aliphatic heterocycles. The fraction of sp³-hybridized carbons (Fsp3) is 0.800. The smallest absolute Gasteiger partial charge is 0.236 e. The van der Waals surface area contributed by atoms with Crippen LogP contribution in [-0.2, 0) is 9.59 Å². The van der Waals surface area contributed by atoms with Crippen molar-refractivity contribution in [2.24, 2.45) is 5.73 Å². The number of amides is 2. The molecule has 1 rings (SSSR count). The standard InChI is InChI=1S/C10H19N3O2/c1-8(6-9(11)14)12-7-10(15)13-4-2-3-5-13/h8,12H,2-7H2,1H3,(H2,11,14). The summed E-state index contributed by atoms with van der Waals surface area (Å²) in [5.41, 5.74) is 5.05. The van der Waals surface area contributed by atoms with Crippen molar-refractivity contribution in [1.82, 2.24) is 10.2 Å². The third-order valence-electron chi connectivity index (χ3n) is 2.57. The van der Waals surface area contributed by atoms with Crippen LogP contribution < -0.4 is 11.1 Å². The van der Waals surface area contributed by atoms with E-state index in [0.29, 0.717) is 6.54 Å². The Morgan fingerprint density at radius 1 is 1.40 bits per heavy atom. The van der Waals surface area contributed by atoms with Crippen LogP contribution in [-0.4, -0.2) is 42.4 Å². The molecule has 0 aromatic rings. The Labute approximate surface area is 90.0 Å². The zero-order valence-electron chi connectivity index (χ0n) is 9.16. The highest BCUT2D eigenvalue weighted by Crippen LogP contribution is 2.06. The molecule has 3 N–H and O–H groups in total. The minimum atomic E-state index is -0.344. The quantitative estimate of drug-likeness (QED) is 0.644. The lowest BCUT2D eigenvalue weighted by molar-refractivity contribution is -0.129. The van der Waals surface area contributed by atoms with Crippen LogP contribution in [0.1, 0.15) is 26.2 Å². The third kappa shape index (κ3) is 4.29. The first-order valence-corrected chi connectivity index (χ1v) is 5.39. The first kappa shape index (κ1) is 12.0. The molecule has 1 unspecified atom stereocenters. The zero-order chi connectivity index (χ0) is 11.3. The minimum Gasteiger partial charge on any atom is -0.370 e. The molecule has 0 bridgehead atoms. The molecular formula is C10H19N3O2. The third-order valence-corrected chi connectivity index (χ3v) is 2.57. The summed E-state index contributed by atoms with van der Waals surface area (Å²) in [4.78, 5) is 24.0. The van der Waals surface area contributed by atoms with Gasteiger partial charge in [0.05, 0.1) is 6.54 Å². The lowest BCUT2D eigenvalue weighted by Gasteiger charge is -2.17. The molecule has 0 radical (unpaired) electrons. The van der Waals surface area contributed by atoms with Gasteiger partial charge in [-0.2, -0.15) is 0 Å². The summed E-state index contributed by atoms with van der Waals surface area (Å²) in [6, 6.07) is -0.0333. The van der Waals surface area contributed by atoms with Gasteiger partial charge in [-0.1, -0.05) is 0 Å². The molecule has 1 heterocycles. The predicted octanol–water partition coefficient (Wildman–Crippen LogP) is -0.538. The van der Waals surface area contributed by atoms with Gasteiger partial charge in [0.1, 0.15) is 0 Å². The maximum absolute atomic E-state index is 11.6. The van der Waals surface area contributed by atoms with Crippen molar-refractivity contribution in [3.05, 3.63) is 0 Å². The van der Waals surface area contributed by atoms with Gasteiger partial charge in [-0.25, -0.2) is 0 Å². The van der Waals surface area contributed by atoms with E-state index in [9.17, 15) is 9.59 Å². The lowest BCUT2D eigenvalue weighted by Crippen LogP contribution is -2.40. The van der Waals surface area contributed by atoms with Crippen molar-refractivity contribution >= 4 is 11.8 Å². The molecule has 86 valence electrons. The Hall–Kier alpha value is -1.10. The molecule has 0 aliphatic carbocycles. The highest BCUT2D eigenvalue weighted by molar-refractivity contribution is 5.78. The molecule has 0 spiro atoms. The van der Waals surface area contributed by atoms with E-state index >= 15 is 0 Å². The Bertz CT molecular complexity index is 237. The molecular weight excluding hydrogens is 194 g/mol. The van der Waals surface area contributed by atoms with E-state index in [-0.39, 0.29) is 24.3 Å². The summed E-state index contributed by atoms with van der Waals surface area (Å²) in [6.07, 6.45) is 2.47. The number of likely N-dealkylation sites (tertiary alicyclic amines) is 1. The Kier molecular flexibility index (Phi) is 4.55. The summed E-state index contributed by atoms with van der Waals surface area (Å²) in [5.74, 6) is -0.229. The van der Waals surface area contributed by atoms with Crippen molar-refractivity contribution in [2.45, 2.75) is 32.2 Å². The van der Waals surface area contributed by atoms with E-state index in [1.54, 1.807) is 0 Å². The van der Waals surface area contributed by atoms with Crippen LogP contribution >= 0.6 is 0 Å². The van der Waals surface area contributed by atoms with E-state index in [0.717, 1.165) is 25.9 Å². The lowest BCUT2D eigenvalue weighted by atomic mass is 10.2. The number of hydrogen-bond donors (Lipinski definition) is 2. The van der Waals surface area contributed by atoms with Gasteiger partial charge in [-0.05, 0) is 19.8 Å². The fourth-order valence-corrected chi connectivity index (χ4v) is 1.71. The minimum absolute atomic E-state index is 0.0333. The highest BCUT2D eigenvalue weighted by atomic mass is 16.2. The average molecular weight is 213 g/mol. The van der Waals surface area contributed by atoms with E-state index in [1.807, 2.05) is 11.8 Å². The molecule has 15 heavy (non-hydrogen) atoms. The second kappa shape index (κ2) is 5.70. The first-order chi connectivity index (χ1) is 7.09. The average Bonchev–Trinajstić information content (AvgIpc) is 2.65. The van der Waals surface area contributed by atoms with Crippen LogP contribution in [0, 0.1) is 0 Å². The number of nitrogens with two attached hydrogens (primary N) is 1. The maximum Gasteiger partial charge on any atom is 0.236 e. The van der Waals surface area contributed by atoms with Gasteiger partial charge in [-0.3, -0.25) is 9.59 Å². The van der Waals surface area contributed by atoms with Crippen LogP contribution in [0.2, 0.25) is 0 Å². The van der Waals surface area contributed by atoms with E-state index in [1.165, 1.54) is 0 Å². The first-order valence-electron chi connectivity index (χ1n) is 5.39.